The SMILES string of the molecule is CCN1c2c(cc3c(c2C)[C@H](C)[C@H](C)C3)[C@H](C)[C@@H]1C. The Hall–Kier alpha value is -0.980. The minimum absolute atomic E-state index is 0.647. The van der Waals surface area contributed by atoms with Crippen LogP contribution >= 0.6 is 0 Å². The molecule has 4 atom stereocenters. The van der Waals surface area contributed by atoms with Gasteiger partial charge in [-0.05, 0) is 61.3 Å². The number of nitrogens with zero attached hydrogens (tertiary/aromatic N) is 1. The van der Waals surface area contributed by atoms with Crippen molar-refractivity contribution in [1.29, 1.82) is 0 Å². The monoisotopic (exact) mass is 257 g/mol. The summed E-state index contributed by atoms with van der Waals surface area (Å²) < 4.78 is 0. The number of rotatable bonds is 1. The van der Waals surface area contributed by atoms with Crippen LogP contribution < -0.4 is 4.90 Å². The normalized spacial score (nSPS) is 32.6. The van der Waals surface area contributed by atoms with E-state index < -0.39 is 0 Å². The molecule has 1 nitrogen and oxygen atoms in total. The van der Waals surface area contributed by atoms with Crippen molar-refractivity contribution < 1.29 is 0 Å². The quantitative estimate of drug-likeness (QED) is 0.709. The number of benzene rings is 1. The van der Waals surface area contributed by atoms with Crippen molar-refractivity contribution in [1.82, 2.24) is 0 Å². The van der Waals surface area contributed by atoms with Gasteiger partial charge in [-0.1, -0.05) is 26.8 Å². The predicted molar refractivity (Wildman–Crippen MR) is 83.4 cm³/mol. The summed E-state index contributed by atoms with van der Waals surface area (Å²) in [5.74, 6) is 2.20. The molecule has 0 N–H and O–H groups in total. The Labute approximate surface area is 118 Å². The Balaban J connectivity index is 2.21. The summed E-state index contributed by atoms with van der Waals surface area (Å²) in [7, 11) is 0. The molecule has 1 heteroatoms. The van der Waals surface area contributed by atoms with Crippen LogP contribution in [0.3, 0.4) is 0 Å². The van der Waals surface area contributed by atoms with E-state index in [1.54, 1.807) is 27.9 Å². The van der Waals surface area contributed by atoms with Gasteiger partial charge in [-0.3, -0.25) is 0 Å². The van der Waals surface area contributed by atoms with Crippen LogP contribution in [0.1, 0.15) is 68.7 Å². The van der Waals surface area contributed by atoms with Crippen molar-refractivity contribution in [2.24, 2.45) is 5.92 Å². The van der Waals surface area contributed by atoms with E-state index in [1.807, 2.05) is 0 Å². The van der Waals surface area contributed by atoms with Crippen LogP contribution in [0.15, 0.2) is 6.07 Å². The van der Waals surface area contributed by atoms with Gasteiger partial charge in [0.15, 0.2) is 0 Å². The van der Waals surface area contributed by atoms with Crippen molar-refractivity contribution in [3.63, 3.8) is 0 Å². The van der Waals surface area contributed by atoms with Crippen LogP contribution in [-0.2, 0) is 6.42 Å². The van der Waals surface area contributed by atoms with Crippen LogP contribution in [-0.4, -0.2) is 12.6 Å². The number of likely N-dealkylation sites (N-methyl/N-ethyl adjacent to an activating group) is 1. The molecule has 0 saturated heterocycles. The van der Waals surface area contributed by atoms with Crippen molar-refractivity contribution >= 4 is 5.69 Å². The third-order valence-electron chi connectivity index (χ3n) is 5.89. The standard InChI is InChI=1S/C18H27N/c1-7-19-14(6)12(4)16-9-15-8-10(2)11(3)17(15)13(5)18(16)19/h9-12,14H,7-8H2,1-6H3/t10-,11-,12-,14+/m1/s1. The zero-order valence-electron chi connectivity index (χ0n) is 13.2. The fourth-order valence-electron chi connectivity index (χ4n) is 4.44. The van der Waals surface area contributed by atoms with E-state index in [1.165, 1.54) is 6.42 Å². The van der Waals surface area contributed by atoms with Crippen LogP contribution in [0.5, 0.6) is 0 Å². The summed E-state index contributed by atoms with van der Waals surface area (Å²) >= 11 is 0. The highest BCUT2D eigenvalue weighted by Gasteiger charge is 2.37. The molecule has 104 valence electrons. The summed E-state index contributed by atoms with van der Waals surface area (Å²) in [6.07, 6.45) is 1.28. The van der Waals surface area contributed by atoms with Gasteiger partial charge in [0.05, 0.1) is 0 Å². The lowest BCUT2D eigenvalue weighted by Gasteiger charge is -2.27. The molecule has 19 heavy (non-hydrogen) atoms. The highest BCUT2D eigenvalue weighted by molar-refractivity contribution is 5.70. The molecular formula is C18H27N. The number of anilines is 1. The fourth-order valence-corrected chi connectivity index (χ4v) is 4.44. The average molecular weight is 257 g/mol. The summed E-state index contributed by atoms with van der Waals surface area (Å²) in [4.78, 5) is 2.62. The van der Waals surface area contributed by atoms with Gasteiger partial charge in [0.25, 0.3) is 0 Å². The highest BCUT2D eigenvalue weighted by Crippen LogP contribution is 2.49. The third kappa shape index (κ3) is 1.60. The molecule has 0 aromatic heterocycles. The molecule has 0 unspecified atom stereocenters. The molecule has 1 heterocycles. The maximum absolute atomic E-state index is 2.62. The van der Waals surface area contributed by atoms with E-state index in [4.69, 9.17) is 0 Å². The van der Waals surface area contributed by atoms with E-state index >= 15 is 0 Å². The Kier molecular flexibility index (Phi) is 2.92. The zero-order chi connectivity index (χ0) is 13.9. The largest absolute Gasteiger partial charge is 0.368 e. The molecule has 0 fully saturated rings. The van der Waals surface area contributed by atoms with Crippen LogP contribution in [0.25, 0.3) is 0 Å². The third-order valence-corrected chi connectivity index (χ3v) is 5.89. The molecule has 0 spiro atoms. The Morgan fingerprint density at radius 1 is 1.16 bits per heavy atom. The van der Waals surface area contributed by atoms with Crippen LogP contribution in [0, 0.1) is 12.8 Å². The second-order valence-corrected chi connectivity index (χ2v) is 6.80. The lowest BCUT2D eigenvalue weighted by Crippen LogP contribution is -2.30. The van der Waals surface area contributed by atoms with Gasteiger partial charge in [-0.2, -0.15) is 0 Å². The van der Waals surface area contributed by atoms with Gasteiger partial charge in [-0.25, -0.2) is 0 Å². The first kappa shape index (κ1) is 13.0. The van der Waals surface area contributed by atoms with Crippen LogP contribution in [0.4, 0.5) is 5.69 Å². The maximum atomic E-state index is 2.62. The molecular weight excluding hydrogens is 230 g/mol. The lowest BCUT2D eigenvalue weighted by atomic mass is 9.89. The molecule has 3 rings (SSSR count). The van der Waals surface area contributed by atoms with Gasteiger partial charge in [0.1, 0.15) is 0 Å². The highest BCUT2D eigenvalue weighted by atomic mass is 15.2. The number of hydrogen-bond donors (Lipinski definition) is 0. The van der Waals surface area contributed by atoms with Gasteiger partial charge in [0, 0.05) is 24.2 Å². The van der Waals surface area contributed by atoms with Crippen molar-refractivity contribution in [3.8, 4) is 0 Å². The predicted octanol–water partition coefficient (Wildman–Crippen LogP) is 4.62. The molecule has 1 aliphatic carbocycles. The smallest absolute Gasteiger partial charge is 0.0437 e. The topological polar surface area (TPSA) is 3.24 Å². The lowest BCUT2D eigenvalue weighted by molar-refractivity contribution is 0.530. The van der Waals surface area contributed by atoms with Crippen molar-refractivity contribution in [2.75, 3.05) is 11.4 Å². The zero-order valence-corrected chi connectivity index (χ0v) is 13.2. The van der Waals surface area contributed by atoms with E-state index in [0.717, 1.165) is 18.4 Å². The molecule has 1 aliphatic heterocycles. The van der Waals surface area contributed by atoms with E-state index in [9.17, 15) is 0 Å². The van der Waals surface area contributed by atoms with E-state index in [2.05, 4.69) is 52.5 Å². The van der Waals surface area contributed by atoms with Gasteiger partial charge < -0.3 is 4.90 Å². The maximum Gasteiger partial charge on any atom is 0.0437 e. The minimum Gasteiger partial charge on any atom is -0.368 e. The van der Waals surface area contributed by atoms with E-state index in [0.29, 0.717) is 12.0 Å². The Morgan fingerprint density at radius 3 is 2.47 bits per heavy atom. The van der Waals surface area contributed by atoms with Crippen molar-refractivity contribution in [3.05, 3.63) is 28.3 Å². The first-order valence-corrected chi connectivity index (χ1v) is 7.90. The summed E-state index contributed by atoms with van der Waals surface area (Å²) in [5.41, 5.74) is 8.02. The summed E-state index contributed by atoms with van der Waals surface area (Å²) in [6.45, 7) is 15.4. The van der Waals surface area contributed by atoms with Gasteiger partial charge >= 0.3 is 0 Å². The molecule has 0 bridgehead atoms. The first-order chi connectivity index (χ1) is 8.97. The average Bonchev–Trinajstić information content (AvgIpc) is 2.79. The second kappa shape index (κ2) is 4.26. The second-order valence-electron chi connectivity index (χ2n) is 6.80. The minimum atomic E-state index is 0.647. The van der Waals surface area contributed by atoms with Gasteiger partial charge in [-0.15, -0.1) is 0 Å². The molecule has 0 amide bonds. The molecule has 0 radical (unpaired) electrons. The van der Waals surface area contributed by atoms with Crippen LogP contribution in [0.2, 0.25) is 0 Å². The molecule has 1 aromatic rings. The summed E-state index contributed by atoms with van der Waals surface area (Å²) in [6, 6.07) is 3.18. The molecule has 2 aliphatic rings. The Morgan fingerprint density at radius 2 is 1.84 bits per heavy atom. The molecule has 0 saturated carbocycles. The molecule has 1 aromatic carbocycles. The number of hydrogen-bond acceptors (Lipinski definition) is 1. The number of fused-ring (bicyclic) bond motifs is 2. The first-order valence-electron chi connectivity index (χ1n) is 7.90. The summed E-state index contributed by atoms with van der Waals surface area (Å²) in [5, 5.41) is 0. The van der Waals surface area contributed by atoms with E-state index in [-0.39, 0.29) is 0 Å². The van der Waals surface area contributed by atoms with Gasteiger partial charge in [0.2, 0.25) is 0 Å². The Bertz CT molecular complexity index is 517. The van der Waals surface area contributed by atoms with Crippen molar-refractivity contribution in [2.45, 2.75) is 65.8 Å². The fraction of sp³-hybridized carbons (Fsp3) is 0.667.